The third kappa shape index (κ3) is 4.25. The highest BCUT2D eigenvalue weighted by Gasteiger charge is 2.26. The van der Waals surface area contributed by atoms with Crippen molar-refractivity contribution in [2.45, 2.75) is 30.5 Å². The molecule has 0 fully saturated rings. The zero-order chi connectivity index (χ0) is 21.0. The lowest BCUT2D eigenvalue weighted by Crippen LogP contribution is -2.17. The first kappa shape index (κ1) is 19.6. The number of para-hydroxylation sites is 1. The van der Waals surface area contributed by atoms with Crippen LogP contribution in [0, 0.1) is 0 Å². The number of hydrogen-bond acceptors (Lipinski definition) is 6. The summed E-state index contributed by atoms with van der Waals surface area (Å²) >= 11 is 1.55. The van der Waals surface area contributed by atoms with Crippen molar-refractivity contribution in [3.05, 3.63) is 95.6 Å². The van der Waals surface area contributed by atoms with Gasteiger partial charge in [0.1, 0.15) is 0 Å². The van der Waals surface area contributed by atoms with E-state index in [0.717, 1.165) is 29.0 Å². The lowest BCUT2D eigenvalue weighted by Gasteiger charge is -2.19. The third-order valence-electron chi connectivity index (χ3n) is 5.24. The van der Waals surface area contributed by atoms with Crippen LogP contribution in [0.1, 0.15) is 29.8 Å². The molecule has 0 aliphatic carbocycles. The molecule has 1 aliphatic rings. The highest BCUT2D eigenvalue weighted by molar-refractivity contribution is 7.98. The lowest BCUT2D eigenvalue weighted by molar-refractivity contribution is 0.225. The number of nitrogens with zero attached hydrogens (tertiary/aromatic N) is 3. The van der Waals surface area contributed by atoms with Gasteiger partial charge >= 0.3 is 0 Å². The fourth-order valence-corrected chi connectivity index (χ4v) is 4.24. The maximum atomic E-state index is 6.35. The summed E-state index contributed by atoms with van der Waals surface area (Å²) in [6, 6.07) is 26.8. The number of aryl methyl sites for hydroxylation is 1. The average molecular weight is 427 g/mol. The molecule has 6 heteroatoms. The second kappa shape index (κ2) is 8.78. The van der Waals surface area contributed by atoms with E-state index in [4.69, 9.17) is 9.72 Å². The number of hydrogen-bond donors (Lipinski definition) is 1. The Kier molecular flexibility index (Phi) is 5.54. The van der Waals surface area contributed by atoms with Gasteiger partial charge in [0.15, 0.2) is 11.9 Å². The van der Waals surface area contributed by atoms with E-state index in [9.17, 15) is 0 Å². The van der Waals surface area contributed by atoms with E-state index in [1.165, 1.54) is 11.1 Å². The molecule has 154 valence electrons. The van der Waals surface area contributed by atoms with Crippen LogP contribution in [-0.4, -0.2) is 15.2 Å². The Morgan fingerprint density at radius 1 is 0.871 bits per heavy atom. The Hall–Kier alpha value is -3.38. The van der Waals surface area contributed by atoms with Gasteiger partial charge in [-0.3, -0.25) is 0 Å². The number of nitrogens with one attached hydrogen (secondary N) is 1. The Morgan fingerprint density at radius 3 is 2.45 bits per heavy atom. The van der Waals surface area contributed by atoms with Crippen LogP contribution >= 0.6 is 11.8 Å². The number of fused-ring (bicyclic) bond motifs is 3. The molecular weight excluding hydrogens is 404 g/mol. The van der Waals surface area contributed by atoms with Crippen LogP contribution < -0.4 is 10.1 Å². The summed E-state index contributed by atoms with van der Waals surface area (Å²) in [5.74, 6) is 1.27. The van der Waals surface area contributed by atoms with Gasteiger partial charge in [-0.1, -0.05) is 91.5 Å². The van der Waals surface area contributed by atoms with E-state index in [1.807, 2.05) is 42.5 Å². The molecular formula is C25H22N4OS. The molecule has 0 amide bonds. The Balaban J connectivity index is 1.48. The van der Waals surface area contributed by atoms with Crippen LogP contribution in [0.4, 0.5) is 5.69 Å². The van der Waals surface area contributed by atoms with Crippen molar-refractivity contribution >= 4 is 17.4 Å². The van der Waals surface area contributed by atoms with Crippen LogP contribution in [0.25, 0.3) is 11.3 Å². The first-order chi connectivity index (χ1) is 15.3. The van der Waals surface area contributed by atoms with Gasteiger partial charge in [-0.25, -0.2) is 0 Å². The minimum absolute atomic E-state index is 0.364. The number of aromatic nitrogens is 3. The van der Waals surface area contributed by atoms with E-state index >= 15 is 0 Å². The quantitative estimate of drug-likeness (QED) is 0.401. The van der Waals surface area contributed by atoms with Crippen LogP contribution in [0.2, 0.25) is 0 Å². The lowest BCUT2D eigenvalue weighted by atomic mass is 10.1. The van der Waals surface area contributed by atoms with Crippen LogP contribution in [-0.2, 0) is 12.2 Å². The standard InChI is InChI=1S/C25H22N4OS/c1-2-17-12-14-19(15-13-17)23-26-21-11-7-6-10-20(21)22-24(30-23)27-25(29-28-22)31-16-18-8-4-3-5-9-18/h3-15,23,26H,2,16H2,1H3/t23-/m1/s1. The molecule has 0 radical (unpaired) electrons. The second-order valence-corrected chi connectivity index (χ2v) is 8.25. The zero-order valence-corrected chi connectivity index (χ0v) is 18.0. The Bertz CT molecular complexity index is 1180. The summed E-state index contributed by atoms with van der Waals surface area (Å²) in [5.41, 5.74) is 6.09. The number of anilines is 1. The first-order valence-electron chi connectivity index (χ1n) is 10.3. The minimum atomic E-state index is -0.364. The molecule has 0 bridgehead atoms. The van der Waals surface area contributed by atoms with Crippen molar-refractivity contribution in [1.29, 1.82) is 0 Å². The average Bonchev–Trinajstić information content (AvgIpc) is 3.00. The molecule has 3 aromatic carbocycles. The summed E-state index contributed by atoms with van der Waals surface area (Å²) in [4.78, 5) is 4.72. The molecule has 1 aromatic heterocycles. The van der Waals surface area contributed by atoms with Crippen LogP contribution in [0.5, 0.6) is 5.88 Å². The van der Waals surface area contributed by atoms with Gasteiger partial charge in [0.2, 0.25) is 11.0 Å². The molecule has 2 heterocycles. The van der Waals surface area contributed by atoms with Crippen molar-refractivity contribution in [1.82, 2.24) is 15.2 Å². The highest BCUT2D eigenvalue weighted by Crippen LogP contribution is 2.39. The van der Waals surface area contributed by atoms with E-state index in [1.54, 1.807) is 11.8 Å². The molecule has 0 saturated carbocycles. The van der Waals surface area contributed by atoms with Crippen molar-refractivity contribution in [2.24, 2.45) is 0 Å². The number of benzene rings is 3. The van der Waals surface area contributed by atoms with Gasteiger partial charge < -0.3 is 10.1 Å². The number of thioether (sulfide) groups is 1. The fraction of sp³-hybridized carbons (Fsp3) is 0.160. The fourth-order valence-electron chi connectivity index (χ4n) is 3.51. The van der Waals surface area contributed by atoms with Gasteiger partial charge in [-0.05, 0) is 23.6 Å². The summed E-state index contributed by atoms with van der Waals surface area (Å²) in [6.07, 6.45) is 0.640. The molecule has 5 rings (SSSR count). The molecule has 1 aliphatic heterocycles. The van der Waals surface area contributed by atoms with E-state index in [2.05, 4.69) is 58.8 Å². The van der Waals surface area contributed by atoms with Crippen molar-refractivity contribution in [2.75, 3.05) is 5.32 Å². The third-order valence-corrected chi connectivity index (χ3v) is 6.14. The second-order valence-electron chi connectivity index (χ2n) is 7.31. The molecule has 5 nitrogen and oxygen atoms in total. The van der Waals surface area contributed by atoms with Crippen molar-refractivity contribution in [3.8, 4) is 17.1 Å². The summed E-state index contributed by atoms with van der Waals surface area (Å²) in [6.45, 7) is 2.15. The van der Waals surface area contributed by atoms with Crippen LogP contribution in [0.15, 0.2) is 84.0 Å². The van der Waals surface area contributed by atoms with Crippen LogP contribution in [0.3, 0.4) is 0 Å². The molecule has 4 aromatic rings. The highest BCUT2D eigenvalue weighted by atomic mass is 32.2. The van der Waals surface area contributed by atoms with E-state index in [0.29, 0.717) is 16.7 Å². The van der Waals surface area contributed by atoms with Gasteiger partial charge in [0.25, 0.3) is 0 Å². The monoisotopic (exact) mass is 426 g/mol. The Morgan fingerprint density at radius 2 is 1.65 bits per heavy atom. The Labute approximate surface area is 185 Å². The minimum Gasteiger partial charge on any atom is -0.448 e. The molecule has 0 spiro atoms. The van der Waals surface area contributed by atoms with E-state index in [-0.39, 0.29) is 6.23 Å². The van der Waals surface area contributed by atoms with Crippen molar-refractivity contribution < 1.29 is 4.74 Å². The molecule has 31 heavy (non-hydrogen) atoms. The summed E-state index contributed by atoms with van der Waals surface area (Å²) in [7, 11) is 0. The SMILES string of the molecule is CCc1ccc([C@@H]2Nc3ccccc3-c3nnc(SCc4ccccc4)nc3O2)cc1. The van der Waals surface area contributed by atoms with Gasteiger partial charge in [-0.15, -0.1) is 10.2 Å². The summed E-state index contributed by atoms with van der Waals surface area (Å²) < 4.78 is 6.35. The normalized spacial score (nSPS) is 14.5. The zero-order valence-electron chi connectivity index (χ0n) is 17.2. The number of ether oxygens (including phenoxy) is 1. The smallest absolute Gasteiger partial charge is 0.247 e. The van der Waals surface area contributed by atoms with Gasteiger partial charge in [0, 0.05) is 22.6 Å². The van der Waals surface area contributed by atoms with Gasteiger partial charge in [0.05, 0.1) is 0 Å². The van der Waals surface area contributed by atoms with Crippen molar-refractivity contribution in [3.63, 3.8) is 0 Å². The molecule has 1 N–H and O–H groups in total. The first-order valence-corrected chi connectivity index (χ1v) is 11.3. The maximum absolute atomic E-state index is 6.35. The largest absolute Gasteiger partial charge is 0.448 e. The van der Waals surface area contributed by atoms with E-state index < -0.39 is 0 Å². The molecule has 0 saturated heterocycles. The van der Waals surface area contributed by atoms with Gasteiger partial charge in [-0.2, -0.15) is 4.98 Å². The maximum Gasteiger partial charge on any atom is 0.247 e. The summed E-state index contributed by atoms with van der Waals surface area (Å²) in [5, 5.41) is 13.0. The number of rotatable bonds is 5. The molecule has 0 unspecified atom stereocenters. The molecule has 1 atom stereocenters. The predicted octanol–water partition coefficient (Wildman–Crippen LogP) is 5.90. The predicted molar refractivity (Wildman–Crippen MR) is 124 cm³/mol. The topological polar surface area (TPSA) is 59.9 Å².